The van der Waals surface area contributed by atoms with E-state index in [0.717, 1.165) is 12.8 Å². The van der Waals surface area contributed by atoms with Gasteiger partial charge in [-0.2, -0.15) is 0 Å². The first-order valence-electron chi connectivity index (χ1n) is 9.16. The van der Waals surface area contributed by atoms with Crippen LogP contribution in [0.5, 0.6) is 5.75 Å². The van der Waals surface area contributed by atoms with Crippen molar-refractivity contribution in [3.8, 4) is 5.75 Å². The van der Waals surface area contributed by atoms with Crippen molar-refractivity contribution in [2.75, 3.05) is 26.8 Å². The number of hydrogen-bond acceptors (Lipinski definition) is 6. The van der Waals surface area contributed by atoms with Gasteiger partial charge in [-0.25, -0.2) is 0 Å². The molecule has 0 spiro atoms. The Labute approximate surface area is 169 Å². The maximum Gasteiger partial charge on any atom is 0.308 e. The van der Waals surface area contributed by atoms with Crippen LogP contribution in [0.15, 0.2) is 24.3 Å². The molecular formula is C19H25N3O5S. The molecule has 1 saturated heterocycles. The van der Waals surface area contributed by atoms with Crippen LogP contribution < -0.4 is 15.4 Å². The molecule has 9 heteroatoms. The maximum absolute atomic E-state index is 12.7. The summed E-state index contributed by atoms with van der Waals surface area (Å²) in [5.41, 5.74) is 0.354. The number of carbonyl (C=O) groups excluding carboxylic acids is 3. The number of rotatable bonds is 7. The molecule has 0 saturated carbocycles. The van der Waals surface area contributed by atoms with Crippen LogP contribution in [0.2, 0.25) is 0 Å². The molecule has 1 aliphatic rings. The zero-order valence-corrected chi connectivity index (χ0v) is 16.8. The van der Waals surface area contributed by atoms with E-state index in [1.807, 2.05) is 0 Å². The zero-order chi connectivity index (χ0) is 20.5. The van der Waals surface area contributed by atoms with E-state index in [1.54, 1.807) is 24.3 Å². The number of amides is 2. The lowest BCUT2D eigenvalue weighted by molar-refractivity contribution is -0.144. The largest absolute Gasteiger partial charge is 0.493 e. The summed E-state index contributed by atoms with van der Waals surface area (Å²) >= 11 is 5.34. The second kappa shape index (κ2) is 10.6. The number of thiocarbonyl (C=S) groups is 1. The minimum atomic E-state index is -0.829. The lowest BCUT2D eigenvalue weighted by atomic mass is 10.1. The predicted octanol–water partition coefficient (Wildman–Crippen LogP) is 1.24. The normalized spacial score (nSPS) is 16.1. The van der Waals surface area contributed by atoms with Crippen molar-refractivity contribution in [1.82, 2.24) is 15.5 Å². The first kappa shape index (κ1) is 21.6. The fourth-order valence-corrected chi connectivity index (χ4v) is 3.06. The Morgan fingerprint density at radius 2 is 2.11 bits per heavy atom. The lowest BCUT2D eigenvalue weighted by Crippen LogP contribution is -2.60. The summed E-state index contributed by atoms with van der Waals surface area (Å²) in [5, 5.41) is 5.41. The maximum atomic E-state index is 12.7. The number of nitrogens with zero attached hydrogens (tertiary/aromatic N) is 1. The highest BCUT2D eigenvalue weighted by Gasteiger charge is 2.34. The number of benzene rings is 1. The van der Waals surface area contributed by atoms with Gasteiger partial charge in [0.1, 0.15) is 11.8 Å². The number of carbonyl (C=O) groups is 3. The van der Waals surface area contributed by atoms with Gasteiger partial charge in [-0.05, 0) is 30.8 Å². The third-order valence-corrected chi connectivity index (χ3v) is 4.62. The summed E-state index contributed by atoms with van der Waals surface area (Å²) in [6.07, 6.45) is 1.71. The van der Waals surface area contributed by atoms with Gasteiger partial charge in [0.15, 0.2) is 5.11 Å². The van der Waals surface area contributed by atoms with Crippen molar-refractivity contribution in [2.24, 2.45) is 0 Å². The van der Waals surface area contributed by atoms with E-state index < -0.39 is 17.9 Å². The SMILES string of the molecule is CCCCOc1ccccc1C(=O)NC(=S)N1CCNC(=O)[C@H]1CC(=O)OC. The molecule has 0 unspecified atom stereocenters. The quantitative estimate of drug-likeness (QED) is 0.399. The van der Waals surface area contributed by atoms with Gasteiger partial charge < -0.3 is 19.7 Å². The van der Waals surface area contributed by atoms with Crippen molar-refractivity contribution >= 4 is 35.1 Å². The van der Waals surface area contributed by atoms with Crippen molar-refractivity contribution in [1.29, 1.82) is 0 Å². The molecule has 1 atom stereocenters. The van der Waals surface area contributed by atoms with Crippen molar-refractivity contribution in [2.45, 2.75) is 32.2 Å². The van der Waals surface area contributed by atoms with Crippen LogP contribution in [0.1, 0.15) is 36.5 Å². The van der Waals surface area contributed by atoms with Crippen LogP contribution in [0.25, 0.3) is 0 Å². The van der Waals surface area contributed by atoms with E-state index in [2.05, 4.69) is 22.3 Å². The summed E-state index contributed by atoms with van der Waals surface area (Å²) in [7, 11) is 1.25. The van der Waals surface area contributed by atoms with E-state index in [1.165, 1.54) is 12.0 Å². The fraction of sp³-hybridized carbons (Fsp3) is 0.474. The zero-order valence-electron chi connectivity index (χ0n) is 16.0. The van der Waals surface area contributed by atoms with Gasteiger partial charge in [0.05, 0.1) is 25.7 Å². The molecule has 2 amide bonds. The third kappa shape index (κ3) is 5.66. The number of ether oxygens (including phenoxy) is 2. The van der Waals surface area contributed by atoms with Crippen molar-refractivity contribution < 1.29 is 23.9 Å². The Bertz CT molecular complexity index is 740. The van der Waals surface area contributed by atoms with Crippen LogP contribution in [-0.4, -0.2) is 60.6 Å². The number of unbranched alkanes of at least 4 members (excludes halogenated alkanes) is 1. The Morgan fingerprint density at radius 3 is 2.82 bits per heavy atom. The Balaban J connectivity index is 2.09. The second-order valence-corrected chi connectivity index (χ2v) is 6.62. The average Bonchev–Trinajstić information content (AvgIpc) is 2.69. The number of esters is 1. The first-order chi connectivity index (χ1) is 13.5. The number of methoxy groups -OCH3 is 1. The number of nitrogens with one attached hydrogen (secondary N) is 2. The highest BCUT2D eigenvalue weighted by molar-refractivity contribution is 7.80. The van der Waals surface area contributed by atoms with Crippen LogP contribution in [0, 0.1) is 0 Å². The lowest BCUT2D eigenvalue weighted by Gasteiger charge is -2.36. The Hall–Kier alpha value is -2.68. The standard InChI is InChI=1S/C19H25N3O5S/c1-3-4-11-27-15-8-6-5-7-13(15)17(24)21-19(28)22-10-9-20-18(25)14(22)12-16(23)26-2/h5-8,14H,3-4,9-12H2,1-2H3,(H,20,25)(H,21,24,28)/t14-/m1/s1. The highest BCUT2D eigenvalue weighted by atomic mass is 32.1. The van der Waals surface area contributed by atoms with E-state index in [0.29, 0.717) is 31.0 Å². The predicted molar refractivity (Wildman–Crippen MR) is 107 cm³/mol. The highest BCUT2D eigenvalue weighted by Crippen LogP contribution is 2.19. The molecule has 28 heavy (non-hydrogen) atoms. The van der Waals surface area contributed by atoms with E-state index in [9.17, 15) is 14.4 Å². The molecular weight excluding hydrogens is 382 g/mol. The van der Waals surface area contributed by atoms with Crippen LogP contribution in [-0.2, 0) is 14.3 Å². The molecule has 1 aromatic rings. The van der Waals surface area contributed by atoms with E-state index in [4.69, 9.17) is 17.0 Å². The Morgan fingerprint density at radius 1 is 1.36 bits per heavy atom. The molecule has 1 heterocycles. The van der Waals surface area contributed by atoms with Gasteiger partial charge in [-0.15, -0.1) is 0 Å². The summed E-state index contributed by atoms with van der Waals surface area (Å²) in [4.78, 5) is 38.0. The Kier molecular flexibility index (Phi) is 8.19. The van der Waals surface area contributed by atoms with Gasteiger partial charge in [0.2, 0.25) is 5.91 Å². The van der Waals surface area contributed by atoms with Gasteiger partial charge in [0.25, 0.3) is 5.91 Å². The number of hydrogen-bond donors (Lipinski definition) is 2. The molecule has 1 fully saturated rings. The molecule has 8 nitrogen and oxygen atoms in total. The third-order valence-electron chi connectivity index (χ3n) is 4.29. The monoisotopic (exact) mass is 407 g/mol. The molecule has 0 aromatic heterocycles. The molecule has 2 N–H and O–H groups in total. The number of piperazine rings is 1. The van der Waals surface area contributed by atoms with Gasteiger partial charge in [0, 0.05) is 13.1 Å². The molecule has 152 valence electrons. The van der Waals surface area contributed by atoms with Gasteiger partial charge >= 0.3 is 5.97 Å². The molecule has 0 aliphatic carbocycles. The summed E-state index contributed by atoms with van der Waals surface area (Å²) in [6.45, 7) is 3.31. The second-order valence-electron chi connectivity index (χ2n) is 6.24. The van der Waals surface area contributed by atoms with Crippen LogP contribution in [0.4, 0.5) is 0 Å². The fourth-order valence-electron chi connectivity index (χ4n) is 2.74. The van der Waals surface area contributed by atoms with Gasteiger partial charge in [-0.1, -0.05) is 25.5 Å². The van der Waals surface area contributed by atoms with Crippen molar-refractivity contribution in [3.63, 3.8) is 0 Å². The van der Waals surface area contributed by atoms with E-state index in [-0.39, 0.29) is 17.4 Å². The van der Waals surface area contributed by atoms with Crippen LogP contribution in [0.3, 0.4) is 0 Å². The van der Waals surface area contributed by atoms with Gasteiger partial charge in [-0.3, -0.25) is 19.7 Å². The molecule has 2 rings (SSSR count). The molecule has 1 aromatic carbocycles. The van der Waals surface area contributed by atoms with E-state index >= 15 is 0 Å². The van der Waals surface area contributed by atoms with Crippen LogP contribution >= 0.6 is 12.2 Å². The molecule has 0 radical (unpaired) electrons. The first-order valence-corrected chi connectivity index (χ1v) is 9.57. The molecule has 0 bridgehead atoms. The molecule has 1 aliphatic heterocycles. The minimum absolute atomic E-state index is 0.0807. The summed E-state index contributed by atoms with van der Waals surface area (Å²) in [6, 6.07) is 6.07. The van der Waals surface area contributed by atoms with Crippen molar-refractivity contribution in [3.05, 3.63) is 29.8 Å². The smallest absolute Gasteiger partial charge is 0.308 e. The minimum Gasteiger partial charge on any atom is -0.493 e. The summed E-state index contributed by atoms with van der Waals surface area (Å²) < 4.78 is 10.3. The summed E-state index contributed by atoms with van der Waals surface area (Å²) in [5.74, 6) is -0.828. The topological polar surface area (TPSA) is 97.0 Å². The number of para-hydroxylation sites is 1. The average molecular weight is 407 g/mol.